The second-order valence-electron chi connectivity index (χ2n) is 4.06. The van der Waals surface area contributed by atoms with E-state index in [1.165, 1.54) is 5.56 Å². The summed E-state index contributed by atoms with van der Waals surface area (Å²) in [6.07, 6.45) is 1.00. The summed E-state index contributed by atoms with van der Waals surface area (Å²) >= 11 is 3.45. The van der Waals surface area contributed by atoms with Crippen molar-refractivity contribution in [1.29, 1.82) is 0 Å². The third kappa shape index (κ3) is 2.55. The average Bonchev–Trinajstić information content (AvgIpc) is 2.43. The number of rotatable bonds is 1. The van der Waals surface area contributed by atoms with Crippen LogP contribution >= 0.6 is 15.9 Å². The van der Waals surface area contributed by atoms with Crippen LogP contribution < -0.4 is 10.2 Å². The Labute approximate surface area is 104 Å². The number of benzene rings is 1. The topological polar surface area (TPSA) is 32.3 Å². The van der Waals surface area contributed by atoms with Crippen molar-refractivity contribution in [3.8, 4) is 0 Å². The molecule has 1 aliphatic heterocycles. The normalized spacial score (nSPS) is 16.9. The van der Waals surface area contributed by atoms with Crippen LogP contribution in [-0.2, 0) is 4.79 Å². The monoisotopic (exact) mass is 282 g/mol. The summed E-state index contributed by atoms with van der Waals surface area (Å²) in [7, 11) is 0. The first-order chi connectivity index (χ1) is 7.66. The molecule has 0 unspecified atom stereocenters. The van der Waals surface area contributed by atoms with Gasteiger partial charge in [-0.05, 0) is 37.1 Å². The molecular weight excluding hydrogens is 268 g/mol. The van der Waals surface area contributed by atoms with Crippen molar-refractivity contribution in [2.24, 2.45) is 0 Å². The van der Waals surface area contributed by atoms with Gasteiger partial charge in [-0.3, -0.25) is 4.79 Å². The number of halogens is 1. The number of amides is 1. The largest absolute Gasteiger partial charge is 0.362 e. The SMILES string of the molecule is Cc1cc(Br)ccc1N1CCCNC(=O)C1. The van der Waals surface area contributed by atoms with E-state index in [1.54, 1.807) is 0 Å². The maximum Gasteiger partial charge on any atom is 0.239 e. The van der Waals surface area contributed by atoms with Gasteiger partial charge in [0.25, 0.3) is 0 Å². The van der Waals surface area contributed by atoms with Gasteiger partial charge in [0, 0.05) is 23.2 Å². The van der Waals surface area contributed by atoms with Gasteiger partial charge in [-0.2, -0.15) is 0 Å². The smallest absolute Gasteiger partial charge is 0.239 e. The quantitative estimate of drug-likeness (QED) is 0.856. The minimum atomic E-state index is 0.111. The van der Waals surface area contributed by atoms with Crippen LogP contribution in [0, 0.1) is 6.92 Å². The van der Waals surface area contributed by atoms with Gasteiger partial charge in [0.15, 0.2) is 0 Å². The van der Waals surface area contributed by atoms with E-state index < -0.39 is 0 Å². The standard InChI is InChI=1S/C12H15BrN2O/c1-9-7-10(13)3-4-11(9)15-6-2-5-14-12(16)8-15/h3-4,7H,2,5-6,8H2,1H3,(H,14,16). The van der Waals surface area contributed by atoms with Crippen molar-refractivity contribution < 1.29 is 4.79 Å². The highest BCUT2D eigenvalue weighted by Gasteiger charge is 2.16. The summed E-state index contributed by atoms with van der Waals surface area (Å²) < 4.78 is 1.08. The highest BCUT2D eigenvalue weighted by atomic mass is 79.9. The molecular formula is C12H15BrN2O. The van der Waals surface area contributed by atoms with E-state index in [0.29, 0.717) is 6.54 Å². The summed E-state index contributed by atoms with van der Waals surface area (Å²) in [5, 5.41) is 2.89. The van der Waals surface area contributed by atoms with Crippen LogP contribution in [0.4, 0.5) is 5.69 Å². The van der Waals surface area contributed by atoms with Crippen molar-refractivity contribution in [1.82, 2.24) is 5.32 Å². The molecule has 1 fully saturated rings. The molecule has 1 saturated heterocycles. The lowest BCUT2D eigenvalue weighted by atomic mass is 10.2. The minimum Gasteiger partial charge on any atom is -0.362 e. The Morgan fingerprint density at radius 3 is 3.00 bits per heavy atom. The van der Waals surface area contributed by atoms with Gasteiger partial charge in [-0.25, -0.2) is 0 Å². The molecule has 0 atom stereocenters. The molecule has 16 heavy (non-hydrogen) atoms. The molecule has 86 valence electrons. The number of hydrogen-bond acceptors (Lipinski definition) is 2. The Hall–Kier alpha value is -1.03. The maximum absolute atomic E-state index is 11.5. The lowest BCUT2D eigenvalue weighted by Gasteiger charge is -2.23. The molecule has 1 N–H and O–H groups in total. The predicted octanol–water partition coefficient (Wildman–Crippen LogP) is 2.08. The number of hydrogen-bond donors (Lipinski definition) is 1. The van der Waals surface area contributed by atoms with Crippen molar-refractivity contribution in [3.63, 3.8) is 0 Å². The fraction of sp³-hybridized carbons (Fsp3) is 0.417. The molecule has 4 heteroatoms. The van der Waals surface area contributed by atoms with E-state index in [-0.39, 0.29) is 5.91 Å². The maximum atomic E-state index is 11.5. The first kappa shape index (κ1) is 11.5. The zero-order valence-electron chi connectivity index (χ0n) is 9.29. The fourth-order valence-corrected chi connectivity index (χ4v) is 2.46. The first-order valence-corrected chi connectivity index (χ1v) is 6.24. The van der Waals surface area contributed by atoms with Crippen molar-refractivity contribution >= 4 is 27.5 Å². The Kier molecular flexibility index (Phi) is 3.49. The predicted molar refractivity (Wildman–Crippen MR) is 68.7 cm³/mol. The zero-order chi connectivity index (χ0) is 11.5. The number of anilines is 1. The van der Waals surface area contributed by atoms with Gasteiger partial charge in [0.1, 0.15) is 0 Å². The van der Waals surface area contributed by atoms with Gasteiger partial charge < -0.3 is 10.2 Å². The van der Waals surface area contributed by atoms with Crippen molar-refractivity contribution in [2.75, 3.05) is 24.5 Å². The van der Waals surface area contributed by atoms with Crippen LogP contribution in [0.3, 0.4) is 0 Å². The molecule has 0 aromatic heterocycles. The Bertz CT molecular complexity index is 406. The summed E-state index contributed by atoms with van der Waals surface area (Å²) in [5.41, 5.74) is 2.35. The summed E-state index contributed by atoms with van der Waals surface area (Å²) in [6.45, 7) is 4.25. The Balaban J connectivity index is 2.24. The van der Waals surface area contributed by atoms with Gasteiger partial charge in [-0.1, -0.05) is 15.9 Å². The molecule has 1 aromatic rings. The van der Waals surface area contributed by atoms with Gasteiger partial charge in [0.2, 0.25) is 5.91 Å². The van der Waals surface area contributed by atoms with Crippen LogP contribution in [-0.4, -0.2) is 25.5 Å². The Morgan fingerprint density at radius 2 is 2.25 bits per heavy atom. The van der Waals surface area contributed by atoms with Gasteiger partial charge in [-0.15, -0.1) is 0 Å². The highest BCUT2D eigenvalue weighted by molar-refractivity contribution is 9.10. The van der Waals surface area contributed by atoms with Crippen molar-refractivity contribution in [2.45, 2.75) is 13.3 Å². The molecule has 0 spiro atoms. The molecule has 1 amide bonds. The molecule has 0 aliphatic carbocycles. The highest BCUT2D eigenvalue weighted by Crippen LogP contribution is 2.24. The van der Waals surface area contributed by atoms with E-state index in [9.17, 15) is 4.79 Å². The molecule has 0 radical (unpaired) electrons. The van der Waals surface area contributed by atoms with Crippen LogP contribution in [0.2, 0.25) is 0 Å². The third-order valence-electron chi connectivity index (χ3n) is 2.76. The number of aryl methyl sites for hydroxylation is 1. The van der Waals surface area contributed by atoms with Crippen LogP contribution in [0.25, 0.3) is 0 Å². The second kappa shape index (κ2) is 4.87. The van der Waals surface area contributed by atoms with E-state index in [4.69, 9.17) is 0 Å². The molecule has 1 heterocycles. The van der Waals surface area contributed by atoms with Crippen LogP contribution in [0.1, 0.15) is 12.0 Å². The third-order valence-corrected chi connectivity index (χ3v) is 3.25. The molecule has 0 bridgehead atoms. The van der Waals surface area contributed by atoms with Crippen LogP contribution in [0.5, 0.6) is 0 Å². The summed E-state index contributed by atoms with van der Waals surface area (Å²) in [5.74, 6) is 0.111. The summed E-state index contributed by atoms with van der Waals surface area (Å²) in [6, 6.07) is 6.17. The van der Waals surface area contributed by atoms with Crippen molar-refractivity contribution in [3.05, 3.63) is 28.2 Å². The minimum absolute atomic E-state index is 0.111. The molecule has 1 aromatic carbocycles. The van der Waals surface area contributed by atoms with E-state index in [0.717, 1.165) is 29.7 Å². The number of nitrogens with zero attached hydrogens (tertiary/aromatic N) is 1. The van der Waals surface area contributed by atoms with Crippen LogP contribution in [0.15, 0.2) is 22.7 Å². The average molecular weight is 283 g/mol. The number of carbonyl (C=O) groups is 1. The Morgan fingerprint density at radius 1 is 1.44 bits per heavy atom. The van der Waals surface area contributed by atoms with E-state index >= 15 is 0 Å². The molecule has 0 saturated carbocycles. The lowest BCUT2D eigenvalue weighted by molar-refractivity contribution is -0.119. The molecule has 3 nitrogen and oxygen atoms in total. The first-order valence-electron chi connectivity index (χ1n) is 5.44. The number of nitrogens with one attached hydrogen (secondary N) is 1. The fourth-order valence-electron chi connectivity index (χ4n) is 1.99. The summed E-state index contributed by atoms with van der Waals surface area (Å²) in [4.78, 5) is 13.6. The van der Waals surface area contributed by atoms with E-state index in [2.05, 4.69) is 45.2 Å². The number of carbonyl (C=O) groups excluding carboxylic acids is 1. The van der Waals surface area contributed by atoms with Gasteiger partial charge >= 0.3 is 0 Å². The second-order valence-corrected chi connectivity index (χ2v) is 4.97. The van der Waals surface area contributed by atoms with E-state index in [1.807, 2.05) is 6.07 Å². The lowest BCUT2D eigenvalue weighted by Crippen LogP contribution is -2.33. The molecule has 1 aliphatic rings. The zero-order valence-corrected chi connectivity index (χ0v) is 10.9. The van der Waals surface area contributed by atoms with Gasteiger partial charge in [0.05, 0.1) is 6.54 Å². The molecule has 2 rings (SSSR count).